The van der Waals surface area contributed by atoms with Crippen LogP contribution in [0.3, 0.4) is 0 Å². The van der Waals surface area contributed by atoms with Gasteiger partial charge in [-0.2, -0.15) is 0 Å². The summed E-state index contributed by atoms with van der Waals surface area (Å²) in [6, 6.07) is 9.78. The Hall–Kier alpha value is -1.37. The Morgan fingerprint density at radius 2 is 2.14 bits per heavy atom. The van der Waals surface area contributed by atoms with Crippen LogP contribution in [0.2, 0.25) is 0 Å². The number of anilines is 1. The number of para-hydroxylation sites is 1. The summed E-state index contributed by atoms with van der Waals surface area (Å²) in [5, 5.41) is 4.47. The van der Waals surface area contributed by atoms with Gasteiger partial charge in [0.25, 0.3) is 0 Å². The van der Waals surface area contributed by atoms with Crippen LogP contribution in [0.5, 0.6) is 0 Å². The Morgan fingerprint density at radius 1 is 1.29 bits per heavy atom. The van der Waals surface area contributed by atoms with Crippen LogP contribution in [0.1, 0.15) is 11.8 Å². The molecule has 0 saturated heterocycles. The molecule has 1 atom stereocenters. The molecule has 2 aromatic heterocycles. The van der Waals surface area contributed by atoms with Crippen LogP contribution < -0.4 is 11.1 Å². The Morgan fingerprint density at radius 3 is 2.86 bits per heavy atom. The largest absolute Gasteiger partial charge is 0.466 e. The van der Waals surface area contributed by atoms with Crippen LogP contribution in [0.4, 0.5) is 5.69 Å². The molecule has 4 nitrogen and oxygen atoms in total. The zero-order valence-corrected chi connectivity index (χ0v) is 14.2. The second-order valence-electron chi connectivity index (χ2n) is 4.60. The van der Waals surface area contributed by atoms with E-state index in [0.29, 0.717) is 6.54 Å². The first-order chi connectivity index (χ1) is 10.2. The molecule has 108 valence electrons. The van der Waals surface area contributed by atoms with Crippen molar-refractivity contribution in [1.29, 1.82) is 0 Å². The standard InChI is InChI=1S/C15H13Br2N3O/c16-10-6-9-2-1-3-12(14(9)19-8-10)20-13(7-18)15-11(17)4-5-21-15/h1-6,8,13,20H,7,18H2. The van der Waals surface area contributed by atoms with Gasteiger partial charge in [0.15, 0.2) is 0 Å². The number of hydrogen-bond acceptors (Lipinski definition) is 4. The fourth-order valence-electron chi connectivity index (χ4n) is 2.22. The summed E-state index contributed by atoms with van der Waals surface area (Å²) in [5.74, 6) is 0.784. The van der Waals surface area contributed by atoms with Crippen molar-refractivity contribution in [2.75, 3.05) is 11.9 Å². The van der Waals surface area contributed by atoms with E-state index in [2.05, 4.69) is 42.2 Å². The third-order valence-corrected chi connectivity index (χ3v) is 4.29. The predicted octanol–water partition coefficient (Wildman–Crippen LogP) is 4.46. The van der Waals surface area contributed by atoms with Gasteiger partial charge in [0.1, 0.15) is 5.76 Å². The molecule has 0 saturated carbocycles. The van der Waals surface area contributed by atoms with Gasteiger partial charge in [-0.3, -0.25) is 4.98 Å². The van der Waals surface area contributed by atoms with Crippen molar-refractivity contribution < 1.29 is 4.42 Å². The predicted molar refractivity (Wildman–Crippen MR) is 91.3 cm³/mol. The van der Waals surface area contributed by atoms with Crippen LogP contribution in [0.25, 0.3) is 10.9 Å². The van der Waals surface area contributed by atoms with Crippen molar-refractivity contribution in [1.82, 2.24) is 4.98 Å². The number of fused-ring (bicyclic) bond motifs is 1. The first kappa shape index (κ1) is 14.6. The molecule has 0 radical (unpaired) electrons. The van der Waals surface area contributed by atoms with Gasteiger partial charge in [0, 0.05) is 22.6 Å². The first-order valence-corrected chi connectivity index (χ1v) is 8.01. The summed E-state index contributed by atoms with van der Waals surface area (Å²) in [6.07, 6.45) is 3.43. The van der Waals surface area contributed by atoms with Gasteiger partial charge in [-0.15, -0.1) is 0 Å². The van der Waals surface area contributed by atoms with Crippen molar-refractivity contribution in [2.45, 2.75) is 6.04 Å². The van der Waals surface area contributed by atoms with Crippen molar-refractivity contribution in [3.63, 3.8) is 0 Å². The molecule has 0 fully saturated rings. The Bertz CT molecular complexity index is 772. The SMILES string of the molecule is NCC(Nc1cccc2cc(Br)cnc12)c1occc1Br. The molecule has 0 aliphatic heterocycles. The van der Waals surface area contributed by atoms with E-state index in [4.69, 9.17) is 10.2 Å². The van der Waals surface area contributed by atoms with Gasteiger partial charge < -0.3 is 15.5 Å². The van der Waals surface area contributed by atoms with Gasteiger partial charge in [0.2, 0.25) is 0 Å². The molecule has 3 rings (SSSR count). The number of hydrogen-bond donors (Lipinski definition) is 2. The number of pyridine rings is 1. The molecular formula is C15H13Br2N3O. The summed E-state index contributed by atoms with van der Waals surface area (Å²) in [6.45, 7) is 0.416. The summed E-state index contributed by atoms with van der Waals surface area (Å²) in [5.41, 5.74) is 7.71. The average molecular weight is 411 g/mol. The number of nitrogens with two attached hydrogens (primary N) is 1. The number of benzene rings is 1. The van der Waals surface area contributed by atoms with Gasteiger partial charge in [0.05, 0.1) is 28.0 Å². The molecule has 0 bridgehead atoms. The van der Waals surface area contributed by atoms with Crippen molar-refractivity contribution in [3.8, 4) is 0 Å². The van der Waals surface area contributed by atoms with Gasteiger partial charge in [-0.25, -0.2) is 0 Å². The van der Waals surface area contributed by atoms with E-state index in [1.807, 2.05) is 30.3 Å². The minimum atomic E-state index is -0.120. The lowest BCUT2D eigenvalue weighted by molar-refractivity contribution is 0.479. The lowest BCUT2D eigenvalue weighted by Crippen LogP contribution is -2.20. The van der Waals surface area contributed by atoms with E-state index >= 15 is 0 Å². The number of aromatic nitrogens is 1. The van der Waals surface area contributed by atoms with E-state index in [0.717, 1.165) is 31.3 Å². The molecule has 1 unspecified atom stereocenters. The Balaban J connectivity index is 1.99. The Kier molecular flexibility index (Phi) is 4.28. The minimum Gasteiger partial charge on any atom is -0.466 e. The number of nitrogens with one attached hydrogen (secondary N) is 1. The first-order valence-electron chi connectivity index (χ1n) is 6.43. The maximum atomic E-state index is 5.88. The molecule has 1 aromatic carbocycles. The Labute approximate surface area is 139 Å². The highest BCUT2D eigenvalue weighted by Crippen LogP contribution is 2.30. The maximum absolute atomic E-state index is 5.88. The van der Waals surface area contributed by atoms with E-state index < -0.39 is 0 Å². The zero-order valence-electron chi connectivity index (χ0n) is 11.0. The van der Waals surface area contributed by atoms with Crippen molar-refractivity contribution >= 4 is 48.5 Å². The maximum Gasteiger partial charge on any atom is 0.141 e. The lowest BCUT2D eigenvalue weighted by Gasteiger charge is -2.17. The third kappa shape index (κ3) is 2.97. The van der Waals surface area contributed by atoms with Gasteiger partial charge in [-0.05, 0) is 50.1 Å². The van der Waals surface area contributed by atoms with Crippen LogP contribution in [0.15, 0.2) is 56.2 Å². The van der Waals surface area contributed by atoms with E-state index in [-0.39, 0.29) is 6.04 Å². The zero-order chi connectivity index (χ0) is 14.8. The second-order valence-corrected chi connectivity index (χ2v) is 6.37. The molecule has 2 heterocycles. The molecule has 0 aliphatic rings. The number of rotatable bonds is 4. The summed E-state index contributed by atoms with van der Waals surface area (Å²) in [4.78, 5) is 4.48. The normalized spacial score (nSPS) is 12.5. The molecular weight excluding hydrogens is 398 g/mol. The average Bonchev–Trinajstić information content (AvgIpc) is 2.90. The highest BCUT2D eigenvalue weighted by atomic mass is 79.9. The van der Waals surface area contributed by atoms with Gasteiger partial charge >= 0.3 is 0 Å². The van der Waals surface area contributed by atoms with Crippen LogP contribution in [-0.2, 0) is 0 Å². The number of halogens is 2. The molecule has 21 heavy (non-hydrogen) atoms. The lowest BCUT2D eigenvalue weighted by atomic mass is 10.1. The second kappa shape index (κ2) is 6.17. The molecule has 0 spiro atoms. The number of furan rings is 1. The summed E-state index contributed by atoms with van der Waals surface area (Å²) < 4.78 is 7.36. The molecule has 0 amide bonds. The summed E-state index contributed by atoms with van der Waals surface area (Å²) >= 11 is 6.91. The van der Waals surface area contributed by atoms with Crippen LogP contribution >= 0.6 is 31.9 Å². The number of nitrogens with zero attached hydrogens (tertiary/aromatic N) is 1. The van der Waals surface area contributed by atoms with Gasteiger partial charge in [-0.1, -0.05) is 12.1 Å². The topological polar surface area (TPSA) is 64.1 Å². The molecule has 6 heteroatoms. The van der Waals surface area contributed by atoms with Crippen molar-refractivity contribution in [3.05, 3.63) is 57.5 Å². The van der Waals surface area contributed by atoms with Crippen LogP contribution in [-0.4, -0.2) is 11.5 Å². The quantitative estimate of drug-likeness (QED) is 0.666. The van der Waals surface area contributed by atoms with E-state index in [1.54, 1.807) is 12.5 Å². The monoisotopic (exact) mass is 409 g/mol. The minimum absolute atomic E-state index is 0.120. The smallest absolute Gasteiger partial charge is 0.141 e. The highest BCUT2D eigenvalue weighted by Gasteiger charge is 2.17. The third-order valence-electron chi connectivity index (χ3n) is 3.20. The fraction of sp³-hybridized carbons (Fsp3) is 0.133. The fourth-order valence-corrected chi connectivity index (χ4v) is 3.05. The van der Waals surface area contributed by atoms with E-state index in [1.165, 1.54) is 0 Å². The van der Waals surface area contributed by atoms with Crippen LogP contribution in [0, 0.1) is 0 Å². The van der Waals surface area contributed by atoms with Crippen molar-refractivity contribution in [2.24, 2.45) is 5.73 Å². The van der Waals surface area contributed by atoms with E-state index in [9.17, 15) is 0 Å². The highest BCUT2D eigenvalue weighted by molar-refractivity contribution is 9.10. The molecule has 3 aromatic rings. The summed E-state index contributed by atoms with van der Waals surface area (Å²) in [7, 11) is 0. The molecule has 0 aliphatic carbocycles. The molecule has 3 N–H and O–H groups in total.